The van der Waals surface area contributed by atoms with Crippen molar-refractivity contribution < 1.29 is 9.53 Å². The summed E-state index contributed by atoms with van der Waals surface area (Å²) in [5.41, 5.74) is 1.22. The van der Waals surface area contributed by atoms with Gasteiger partial charge in [-0.15, -0.1) is 0 Å². The van der Waals surface area contributed by atoms with Gasteiger partial charge in [-0.3, -0.25) is 4.79 Å². The molecule has 1 saturated heterocycles. The maximum absolute atomic E-state index is 11.9. The van der Waals surface area contributed by atoms with Crippen molar-refractivity contribution in [3.05, 3.63) is 17.7 Å². The van der Waals surface area contributed by atoms with Gasteiger partial charge < -0.3 is 14.2 Å². The molecule has 0 saturated carbocycles. The van der Waals surface area contributed by atoms with Crippen LogP contribution in [0.2, 0.25) is 0 Å². The fourth-order valence-corrected chi connectivity index (χ4v) is 2.83. The van der Waals surface area contributed by atoms with E-state index in [1.54, 1.807) is 7.11 Å². The highest BCUT2D eigenvalue weighted by Crippen LogP contribution is 2.21. The molecule has 0 spiro atoms. The Labute approximate surface area is 120 Å². The molecular weight excluding hydrogens is 254 g/mol. The molecule has 1 fully saturated rings. The number of aromatic nitrogens is 2. The Balaban J connectivity index is 1.81. The van der Waals surface area contributed by atoms with Crippen molar-refractivity contribution in [2.75, 3.05) is 26.8 Å². The zero-order chi connectivity index (χ0) is 14.5. The summed E-state index contributed by atoms with van der Waals surface area (Å²) in [6.07, 6.45) is 4.59. The minimum Gasteiger partial charge on any atom is -0.384 e. The predicted octanol–water partition coefficient (Wildman–Crippen LogP) is 1.78. The lowest BCUT2D eigenvalue weighted by atomic mass is 9.96. The molecule has 0 aromatic carbocycles. The van der Waals surface area contributed by atoms with E-state index in [4.69, 9.17) is 4.74 Å². The average Bonchev–Trinajstić information content (AvgIpc) is 2.77. The molecule has 1 aromatic rings. The maximum Gasteiger partial charge on any atom is 0.224 e. The fourth-order valence-electron chi connectivity index (χ4n) is 2.83. The molecule has 1 aliphatic heterocycles. The van der Waals surface area contributed by atoms with E-state index in [-0.39, 0.29) is 5.91 Å². The van der Waals surface area contributed by atoms with Crippen LogP contribution in [0.5, 0.6) is 0 Å². The van der Waals surface area contributed by atoms with E-state index < -0.39 is 0 Å². The molecule has 112 valence electrons. The van der Waals surface area contributed by atoms with E-state index >= 15 is 0 Å². The van der Waals surface area contributed by atoms with Gasteiger partial charge in [-0.05, 0) is 32.6 Å². The first-order valence-corrected chi connectivity index (χ1v) is 7.37. The highest BCUT2D eigenvalue weighted by molar-refractivity contribution is 5.76. The van der Waals surface area contributed by atoms with Crippen LogP contribution in [0.4, 0.5) is 0 Å². The van der Waals surface area contributed by atoms with Crippen LogP contribution in [0.15, 0.2) is 6.20 Å². The second kappa shape index (κ2) is 6.88. The molecule has 0 bridgehead atoms. The Morgan fingerprint density at radius 1 is 1.40 bits per heavy atom. The average molecular weight is 279 g/mol. The summed E-state index contributed by atoms with van der Waals surface area (Å²) in [5.74, 6) is 1.95. The van der Waals surface area contributed by atoms with Gasteiger partial charge in [0.15, 0.2) is 0 Å². The number of aryl methyl sites for hydroxylation is 2. The van der Waals surface area contributed by atoms with Crippen LogP contribution in [0.1, 0.15) is 30.8 Å². The molecule has 0 atom stereocenters. The van der Waals surface area contributed by atoms with Crippen molar-refractivity contribution in [2.24, 2.45) is 5.92 Å². The molecule has 2 heterocycles. The second-order valence-corrected chi connectivity index (χ2v) is 5.62. The predicted molar refractivity (Wildman–Crippen MR) is 77.5 cm³/mol. The smallest absolute Gasteiger partial charge is 0.224 e. The Bertz CT molecular complexity index is 428. The van der Waals surface area contributed by atoms with E-state index in [0.717, 1.165) is 38.3 Å². The standard InChI is InChI=1S/C15H25N3O2/c1-12-10-16-13(2)18(12)11-14-4-7-17(8-5-14)15(19)6-9-20-3/h10,14H,4-9,11H2,1-3H3. The fraction of sp³-hybridized carbons (Fsp3) is 0.733. The zero-order valence-electron chi connectivity index (χ0n) is 12.8. The van der Waals surface area contributed by atoms with E-state index in [9.17, 15) is 4.79 Å². The van der Waals surface area contributed by atoms with Crippen LogP contribution in [0.3, 0.4) is 0 Å². The van der Waals surface area contributed by atoms with Gasteiger partial charge in [0.2, 0.25) is 5.91 Å². The van der Waals surface area contributed by atoms with Crippen LogP contribution in [-0.2, 0) is 16.1 Å². The Morgan fingerprint density at radius 2 is 2.10 bits per heavy atom. The summed E-state index contributed by atoms with van der Waals surface area (Å²) in [6.45, 7) is 7.45. The number of rotatable bonds is 5. The van der Waals surface area contributed by atoms with E-state index in [1.807, 2.05) is 11.1 Å². The lowest BCUT2D eigenvalue weighted by Gasteiger charge is -2.32. The molecule has 1 aliphatic rings. The molecule has 2 rings (SSSR count). The molecule has 1 amide bonds. The van der Waals surface area contributed by atoms with Crippen LogP contribution < -0.4 is 0 Å². The van der Waals surface area contributed by atoms with Crippen molar-refractivity contribution >= 4 is 5.91 Å². The van der Waals surface area contributed by atoms with Gasteiger partial charge in [-0.2, -0.15) is 0 Å². The van der Waals surface area contributed by atoms with Gasteiger partial charge in [0.05, 0.1) is 13.0 Å². The first-order chi connectivity index (χ1) is 9.61. The number of ether oxygens (including phenoxy) is 1. The van der Waals surface area contributed by atoms with Crippen LogP contribution >= 0.6 is 0 Å². The number of carbonyl (C=O) groups excluding carboxylic acids is 1. The Hall–Kier alpha value is -1.36. The van der Waals surface area contributed by atoms with Gasteiger partial charge in [0, 0.05) is 38.6 Å². The molecule has 20 heavy (non-hydrogen) atoms. The van der Waals surface area contributed by atoms with Gasteiger partial charge in [0.1, 0.15) is 5.82 Å². The summed E-state index contributed by atoms with van der Waals surface area (Å²) in [5, 5.41) is 0. The highest BCUT2D eigenvalue weighted by atomic mass is 16.5. The third kappa shape index (κ3) is 3.60. The largest absolute Gasteiger partial charge is 0.384 e. The zero-order valence-corrected chi connectivity index (χ0v) is 12.8. The van der Waals surface area contributed by atoms with Crippen LogP contribution in [0.25, 0.3) is 0 Å². The number of carbonyl (C=O) groups is 1. The van der Waals surface area contributed by atoms with Crippen LogP contribution in [-0.4, -0.2) is 47.2 Å². The SMILES string of the molecule is COCCC(=O)N1CCC(Cn2c(C)cnc2C)CC1. The van der Waals surface area contributed by atoms with Gasteiger partial charge in [0.25, 0.3) is 0 Å². The number of nitrogens with zero attached hydrogens (tertiary/aromatic N) is 3. The van der Waals surface area contributed by atoms with Gasteiger partial charge in [-0.25, -0.2) is 4.98 Å². The third-order valence-corrected chi connectivity index (χ3v) is 4.18. The number of methoxy groups -OCH3 is 1. The topological polar surface area (TPSA) is 47.4 Å². The van der Waals surface area contributed by atoms with Crippen molar-refractivity contribution in [1.29, 1.82) is 0 Å². The summed E-state index contributed by atoms with van der Waals surface area (Å²) < 4.78 is 7.25. The van der Waals surface area contributed by atoms with Gasteiger partial charge >= 0.3 is 0 Å². The second-order valence-electron chi connectivity index (χ2n) is 5.62. The number of likely N-dealkylation sites (tertiary alicyclic amines) is 1. The van der Waals surface area contributed by atoms with Gasteiger partial charge in [-0.1, -0.05) is 0 Å². The molecule has 1 aromatic heterocycles. The molecule has 0 N–H and O–H groups in total. The number of hydrogen-bond donors (Lipinski definition) is 0. The Morgan fingerprint density at radius 3 is 2.65 bits per heavy atom. The number of amides is 1. The summed E-state index contributed by atoms with van der Waals surface area (Å²) in [6, 6.07) is 0. The molecule has 5 nitrogen and oxygen atoms in total. The van der Waals surface area contributed by atoms with Crippen molar-refractivity contribution in [3.63, 3.8) is 0 Å². The van der Waals surface area contributed by atoms with Crippen molar-refractivity contribution in [1.82, 2.24) is 14.5 Å². The summed E-state index contributed by atoms with van der Waals surface area (Å²) in [7, 11) is 1.63. The minimum absolute atomic E-state index is 0.222. The first-order valence-electron chi connectivity index (χ1n) is 7.37. The number of hydrogen-bond acceptors (Lipinski definition) is 3. The Kier molecular flexibility index (Phi) is 5.17. The third-order valence-electron chi connectivity index (χ3n) is 4.18. The molecule has 0 unspecified atom stereocenters. The molecule has 0 aliphatic carbocycles. The molecule has 5 heteroatoms. The molecular formula is C15H25N3O2. The molecule has 0 radical (unpaired) electrons. The quantitative estimate of drug-likeness (QED) is 0.825. The number of imidazole rings is 1. The van der Waals surface area contributed by atoms with E-state index in [2.05, 4.69) is 23.4 Å². The maximum atomic E-state index is 11.9. The van der Waals surface area contributed by atoms with Crippen LogP contribution in [0, 0.1) is 19.8 Å². The normalized spacial score (nSPS) is 16.6. The van der Waals surface area contributed by atoms with E-state index in [0.29, 0.717) is 18.9 Å². The number of piperidine rings is 1. The highest BCUT2D eigenvalue weighted by Gasteiger charge is 2.23. The van der Waals surface area contributed by atoms with Crippen molar-refractivity contribution in [2.45, 2.75) is 39.7 Å². The van der Waals surface area contributed by atoms with E-state index in [1.165, 1.54) is 5.69 Å². The summed E-state index contributed by atoms with van der Waals surface area (Å²) in [4.78, 5) is 18.2. The minimum atomic E-state index is 0.222. The monoisotopic (exact) mass is 279 g/mol. The lowest BCUT2D eigenvalue weighted by Crippen LogP contribution is -2.39. The summed E-state index contributed by atoms with van der Waals surface area (Å²) >= 11 is 0. The van der Waals surface area contributed by atoms with Crippen molar-refractivity contribution in [3.8, 4) is 0 Å². The first kappa shape index (κ1) is 15.0. The lowest BCUT2D eigenvalue weighted by molar-refractivity contribution is -0.133.